The van der Waals surface area contributed by atoms with Crippen LogP contribution in [0, 0.1) is 0 Å². The second kappa shape index (κ2) is 6.02. The Bertz CT molecular complexity index is 829. The maximum absolute atomic E-state index is 11.5. The SMILES string of the molecule is CCc1ccc(Cc2cccc3ccccc23)c(C(=O)O)c1. The molecule has 0 aliphatic carbocycles. The molecule has 0 spiro atoms. The molecule has 0 fully saturated rings. The van der Waals surface area contributed by atoms with Crippen molar-refractivity contribution in [3.8, 4) is 0 Å². The summed E-state index contributed by atoms with van der Waals surface area (Å²) in [6, 6.07) is 20.1. The number of aryl methyl sites for hydroxylation is 1. The number of hydrogen-bond acceptors (Lipinski definition) is 1. The highest BCUT2D eigenvalue weighted by molar-refractivity contribution is 5.91. The molecule has 1 N–H and O–H groups in total. The first-order chi connectivity index (χ1) is 10.7. The zero-order valence-corrected chi connectivity index (χ0v) is 12.5. The van der Waals surface area contributed by atoms with E-state index in [0.29, 0.717) is 12.0 Å². The minimum absolute atomic E-state index is 0.410. The van der Waals surface area contributed by atoms with Crippen LogP contribution in [0.3, 0.4) is 0 Å². The zero-order chi connectivity index (χ0) is 15.5. The van der Waals surface area contributed by atoms with Gasteiger partial charge in [0.2, 0.25) is 0 Å². The van der Waals surface area contributed by atoms with E-state index < -0.39 is 5.97 Å². The summed E-state index contributed by atoms with van der Waals surface area (Å²) in [6.07, 6.45) is 1.47. The predicted molar refractivity (Wildman–Crippen MR) is 89.5 cm³/mol. The summed E-state index contributed by atoms with van der Waals surface area (Å²) in [6.45, 7) is 2.03. The van der Waals surface area contributed by atoms with E-state index in [1.165, 1.54) is 10.8 Å². The van der Waals surface area contributed by atoms with Crippen molar-refractivity contribution >= 4 is 16.7 Å². The van der Waals surface area contributed by atoms with Crippen LogP contribution in [0.2, 0.25) is 0 Å². The van der Waals surface area contributed by atoms with Gasteiger partial charge < -0.3 is 5.11 Å². The van der Waals surface area contributed by atoms with Crippen LogP contribution in [0.1, 0.15) is 34.0 Å². The van der Waals surface area contributed by atoms with E-state index in [4.69, 9.17) is 0 Å². The second-order valence-electron chi connectivity index (χ2n) is 5.47. The van der Waals surface area contributed by atoms with E-state index >= 15 is 0 Å². The Labute approximate surface area is 130 Å². The number of carboxylic acid groups (broad SMARTS) is 1. The third-order valence-corrected chi connectivity index (χ3v) is 4.07. The molecule has 0 atom stereocenters. The molecule has 0 unspecified atom stereocenters. The first-order valence-electron chi connectivity index (χ1n) is 7.50. The lowest BCUT2D eigenvalue weighted by Crippen LogP contribution is -2.04. The number of benzene rings is 3. The molecule has 22 heavy (non-hydrogen) atoms. The van der Waals surface area contributed by atoms with Gasteiger partial charge in [-0.05, 0) is 46.4 Å². The van der Waals surface area contributed by atoms with Gasteiger partial charge in [0.15, 0.2) is 0 Å². The van der Waals surface area contributed by atoms with Gasteiger partial charge in [0, 0.05) is 0 Å². The molecule has 0 aliphatic heterocycles. The molecule has 0 heterocycles. The summed E-state index contributed by atoms with van der Waals surface area (Å²) in [5.41, 5.74) is 3.48. The summed E-state index contributed by atoms with van der Waals surface area (Å²) in [5, 5.41) is 11.8. The van der Waals surface area contributed by atoms with Crippen LogP contribution in [0.5, 0.6) is 0 Å². The van der Waals surface area contributed by atoms with Crippen LogP contribution in [-0.4, -0.2) is 11.1 Å². The topological polar surface area (TPSA) is 37.3 Å². The van der Waals surface area contributed by atoms with Gasteiger partial charge in [0.1, 0.15) is 0 Å². The number of rotatable bonds is 4. The molecule has 0 saturated heterocycles. The Morgan fingerprint density at radius 3 is 2.50 bits per heavy atom. The molecule has 3 aromatic carbocycles. The molecule has 110 valence electrons. The van der Waals surface area contributed by atoms with Gasteiger partial charge in [0.25, 0.3) is 0 Å². The lowest BCUT2D eigenvalue weighted by atomic mass is 9.94. The number of carbonyl (C=O) groups is 1. The lowest BCUT2D eigenvalue weighted by Gasteiger charge is -2.10. The number of carboxylic acids is 1. The van der Waals surface area contributed by atoms with Gasteiger partial charge in [-0.25, -0.2) is 4.79 Å². The Hall–Kier alpha value is -2.61. The Balaban J connectivity index is 2.07. The van der Waals surface area contributed by atoms with Gasteiger partial charge in [0.05, 0.1) is 5.56 Å². The molecule has 2 nitrogen and oxygen atoms in total. The highest BCUT2D eigenvalue weighted by Crippen LogP contribution is 2.23. The third kappa shape index (κ3) is 2.73. The van der Waals surface area contributed by atoms with Crippen molar-refractivity contribution in [2.75, 3.05) is 0 Å². The fourth-order valence-corrected chi connectivity index (χ4v) is 2.85. The standard InChI is InChI=1S/C20H18O2/c1-2-14-10-11-17(19(12-14)20(21)22)13-16-8-5-7-15-6-3-4-9-18(15)16/h3-12H,2,13H2,1H3,(H,21,22). The van der Waals surface area contributed by atoms with Gasteiger partial charge >= 0.3 is 5.97 Å². The van der Waals surface area contributed by atoms with Crippen molar-refractivity contribution in [3.05, 3.63) is 82.9 Å². The Kier molecular flexibility index (Phi) is 3.92. The molecule has 0 aromatic heterocycles. The van der Waals surface area contributed by atoms with Crippen LogP contribution >= 0.6 is 0 Å². The fraction of sp³-hybridized carbons (Fsp3) is 0.150. The van der Waals surface area contributed by atoms with E-state index in [0.717, 1.165) is 23.1 Å². The van der Waals surface area contributed by atoms with Crippen LogP contribution < -0.4 is 0 Å². The van der Waals surface area contributed by atoms with Crippen molar-refractivity contribution in [1.29, 1.82) is 0 Å². The van der Waals surface area contributed by atoms with E-state index in [1.807, 2.05) is 37.3 Å². The van der Waals surface area contributed by atoms with Crippen molar-refractivity contribution in [2.45, 2.75) is 19.8 Å². The summed E-state index contributed by atoms with van der Waals surface area (Å²) in [7, 11) is 0. The second-order valence-corrected chi connectivity index (χ2v) is 5.47. The zero-order valence-electron chi connectivity index (χ0n) is 12.5. The Morgan fingerprint density at radius 2 is 1.73 bits per heavy atom. The van der Waals surface area contributed by atoms with Gasteiger partial charge in [-0.2, -0.15) is 0 Å². The van der Waals surface area contributed by atoms with E-state index in [-0.39, 0.29) is 0 Å². The maximum Gasteiger partial charge on any atom is 0.335 e. The quantitative estimate of drug-likeness (QED) is 0.756. The largest absolute Gasteiger partial charge is 0.478 e. The third-order valence-electron chi connectivity index (χ3n) is 4.07. The van der Waals surface area contributed by atoms with Crippen molar-refractivity contribution in [3.63, 3.8) is 0 Å². The van der Waals surface area contributed by atoms with Gasteiger partial charge in [-0.1, -0.05) is 61.5 Å². The van der Waals surface area contributed by atoms with E-state index in [1.54, 1.807) is 6.07 Å². The minimum Gasteiger partial charge on any atom is -0.478 e. The molecular formula is C20H18O2. The molecule has 0 radical (unpaired) electrons. The monoisotopic (exact) mass is 290 g/mol. The predicted octanol–water partition coefficient (Wildman–Crippen LogP) is 4.69. The van der Waals surface area contributed by atoms with Crippen molar-refractivity contribution < 1.29 is 9.90 Å². The van der Waals surface area contributed by atoms with E-state index in [2.05, 4.69) is 24.3 Å². The van der Waals surface area contributed by atoms with Crippen LogP contribution in [0.15, 0.2) is 60.7 Å². The fourth-order valence-electron chi connectivity index (χ4n) is 2.85. The number of aromatic carboxylic acids is 1. The summed E-state index contributed by atoms with van der Waals surface area (Å²) < 4.78 is 0. The minimum atomic E-state index is -0.856. The Morgan fingerprint density at radius 1 is 0.955 bits per heavy atom. The lowest BCUT2D eigenvalue weighted by molar-refractivity contribution is 0.0695. The number of fused-ring (bicyclic) bond motifs is 1. The first-order valence-corrected chi connectivity index (χ1v) is 7.50. The van der Waals surface area contributed by atoms with Gasteiger partial charge in [-0.15, -0.1) is 0 Å². The molecular weight excluding hydrogens is 272 g/mol. The smallest absolute Gasteiger partial charge is 0.335 e. The average Bonchev–Trinajstić information content (AvgIpc) is 2.55. The number of hydrogen-bond donors (Lipinski definition) is 1. The highest BCUT2D eigenvalue weighted by atomic mass is 16.4. The van der Waals surface area contributed by atoms with Crippen LogP contribution in [0.4, 0.5) is 0 Å². The highest BCUT2D eigenvalue weighted by Gasteiger charge is 2.12. The normalized spacial score (nSPS) is 10.8. The average molecular weight is 290 g/mol. The summed E-state index contributed by atoms with van der Waals surface area (Å²) in [5.74, 6) is -0.856. The van der Waals surface area contributed by atoms with Crippen LogP contribution in [0.25, 0.3) is 10.8 Å². The molecule has 0 amide bonds. The van der Waals surface area contributed by atoms with E-state index in [9.17, 15) is 9.90 Å². The molecule has 0 saturated carbocycles. The molecule has 2 heteroatoms. The van der Waals surface area contributed by atoms with Crippen LogP contribution in [-0.2, 0) is 12.8 Å². The van der Waals surface area contributed by atoms with Gasteiger partial charge in [-0.3, -0.25) is 0 Å². The summed E-state index contributed by atoms with van der Waals surface area (Å²) >= 11 is 0. The molecule has 3 rings (SSSR count). The molecule has 3 aromatic rings. The summed E-state index contributed by atoms with van der Waals surface area (Å²) in [4.78, 5) is 11.5. The maximum atomic E-state index is 11.5. The van der Waals surface area contributed by atoms with Crippen molar-refractivity contribution in [2.24, 2.45) is 0 Å². The molecule has 0 aliphatic rings. The molecule has 0 bridgehead atoms. The first kappa shape index (κ1) is 14.3. The van der Waals surface area contributed by atoms with Crippen molar-refractivity contribution in [1.82, 2.24) is 0 Å².